The molecular weight excluding hydrogens is 449 g/mol. The Bertz CT molecular complexity index is 1110. The molecule has 4 rings (SSSR count). The van der Waals surface area contributed by atoms with E-state index >= 15 is 0 Å². The minimum atomic E-state index is -4.51. The lowest BCUT2D eigenvalue weighted by atomic mass is 9.97. The van der Waals surface area contributed by atoms with Gasteiger partial charge in [0.15, 0.2) is 11.5 Å². The molecule has 7 nitrogen and oxygen atoms in total. The minimum absolute atomic E-state index is 0.0520. The molecule has 1 N–H and O–H groups in total. The van der Waals surface area contributed by atoms with E-state index in [9.17, 15) is 26.4 Å². The van der Waals surface area contributed by atoms with Crippen molar-refractivity contribution >= 4 is 21.6 Å². The third-order valence-corrected chi connectivity index (χ3v) is 7.33. The van der Waals surface area contributed by atoms with Crippen LogP contribution in [0.3, 0.4) is 0 Å². The lowest BCUT2D eigenvalue weighted by molar-refractivity contribution is -0.137. The maximum Gasteiger partial charge on any atom is 0.416 e. The number of carbonyl (C=O) groups is 1. The smallest absolute Gasteiger partial charge is 0.416 e. The first kappa shape index (κ1) is 22.4. The third kappa shape index (κ3) is 4.68. The topological polar surface area (TPSA) is 84.9 Å². The average molecular weight is 470 g/mol. The first-order valence-corrected chi connectivity index (χ1v) is 11.5. The van der Waals surface area contributed by atoms with Gasteiger partial charge in [0, 0.05) is 30.8 Å². The zero-order valence-electron chi connectivity index (χ0n) is 16.9. The van der Waals surface area contributed by atoms with Crippen LogP contribution < -0.4 is 14.8 Å². The van der Waals surface area contributed by atoms with Crippen molar-refractivity contribution < 1.29 is 35.9 Å². The molecule has 172 valence electrons. The van der Waals surface area contributed by atoms with Gasteiger partial charge in [-0.15, -0.1) is 0 Å². The number of hydrogen-bond acceptors (Lipinski definition) is 5. The first-order chi connectivity index (χ1) is 15.1. The summed E-state index contributed by atoms with van der Waals surface area (Å²) < 4.78 is 76.7. The maximum absolute atomic E-state index is 13.0. The number of nitrogens with zero attached hydrogens (tertiary/aromatic N) is 1. The van der Waals surface area contributed by atoms with E-state index < -0.39 is 33.6 Å². The summed E-state index contributed by atoms with van der Waals surface area (Å²) in [5.74, 6) is -0.0789. The van der Waals surface area contributed by atoms with Gasteiger partial charge in [-0.2, -0.15) is 17.5 Å². The zero-order valence-corrected chi connectivity index (χ0v) is 17.7. The summed E-state index contributed by atoms with van der Waals surface area (Å²) in [6.45, 7) is 0.979. The van der Waals surface area contributed by atoms with Gasteiger partial charge in [0.25, 0.3) is 0 Å². The molecule has 0 aromatic heterocycles. The van der Waals surface area contributed by atoms with Crippen LogP contribution in [-0.2, 0) is 21.0 Å². The van der Waals surface area contributed by atoms with Crippen LogP contribution in [0.15, 0.2) is 47.4 Å². The van der Waals surface area contributed by atoms with Crippen LogP contribution in [0.2, 0.25) is 0 Å². The Labute approximate surface area is 183 Å². The highest BCUT2D eigenvalue weighted by atomic mass is 32.2. The molecule has 0 spiro atoms. The van der Waals surface area contributed by atoms with E-state index in [4.69, 9.17) is 9.47 Å². The summed E-state index contributed by atoms with van der Waals surface area (Å²) in [4.78, 5) is 12.6. The quantitative estimate of drug-likeness (QED) is 0.739. The van der Waals surface area contributed by atoms with Crippen LogP contribution in [0.1, 0.15) is 18.4 Å². The maximum atomic E-state index is 13.0. The fraction of sp³-hybridized carbons (Fsp3) is 0.381. The summed E-state index contributed by atoms with van der Waals surface area (Å²) in [5.41, 5.74) is -0.799. The van der Waals surface area contributed by atoms with Crippen molar-refractivity contribution in [2.75, 3.05) is 31.6 Å². The minimum Gasteiger partial charge on any atom is -0.486 e. The molecule has 2 aliphatic heterocycles. The molecule has 2 aliphatic rings. The van der Waals surface area contributed by atoms with Crippen molar-refractivity contribution in [3.05, 3.63) is 48.0 Å². The number of alkyl halides is 3. The zero-order chi connectivity index (χ0) is 22.9. The molecule has 2 heterocycles. The van der Waals surface area contributed by atoms with Crippen LogP contribution in [-0.4, -0.2) is 44.9 Å². The van der Waals surface area contributed by atoms with Crippen molar-refractivity contribution in [3.8, 4) is 11.5 Å². The van der Waals surface area contributed by atoms with Crippen LogP contribution in [0.5, 0.6) is 11.5 Å². The Hall–Kier alpha value is -2.79. The molecule has 32 heavy (non-hydrogen) atoms. The van der Waals surface area contributed by atoms with Gasteiger partial charge < -0.3 is 14.8 Å². The normalized spacial score (nSPS) is 17.7. The lowest BCUT2D eigenvalue weighted by Crippen LogP contribution is -2.41. The van der Waals surface area contributed by atoms with E-state index in [-0.39, 0.29) is 36.5 Å². The summed E-state index contributed by atoms with van der Waals surface area (Å²) in [6.07, 6.45) is -3.99. The van der Waals surface area contributed by atoms with Crippen LogP contribution in [0.25, 0.3) is 0 Å². The number of piperidine rings is 1. The summed E-state index contributed by atoms with van der Waals surface area (Å²) in [6, 6.07) is 8.84. The van der Waals surface area contributed by atoms with Crippen molar-refractivity contribution in [2.24, 2.45) is 5.92 Å². The molecule has 11 heteroatoms. The van der Waals surface area contributed by atoms with E-state index in [1.54, 1.807) is 6.07 Å². The van der Waals surface area contributed by atoms with E-state index in [2.05, 4.69) is 5.32 Å². The Morgan fingerprint density at radius 3 is 2.38 bits per heavy atom. The van der Waals surface area contributed by atoms with Gasteiger partial charge in [0.1, 0.15) is 13.2 Å². The van der Waals surface area contributed by atoms with E-state index in [0.717, 1.165) is 12.1 Å². The Morgan fingerprint density at radius 2 is 1.69 bits per heavy atom. The van der Waals surface area contributed by atoms with Gasteiger partial charge in [0.05, 0.1) is 10.5 Å². The molecule has 0 aliphatic carbocycles. The number of rotatable bonds is 4. The SMILES string of the molecule is O=C(Nc1cccc(C(F)(F)F)c1)C1CCN(S(=O)(=O)c2ccc3c(c2)OCCO3)CC1. The predicted octanol–water partition coefficient (Wildman–Crippen LogP) is 3.52. The van der Waals surface area contributed by atoms with Crippen LogP contribution in [0, 0.1) is 5.92 Å². The second kappa shape index (κ2) is 8.62. The average Bonchev–Trinajstić information content (AvgIpc) is 2.78. The third-order valence-electron chi connectivity index (χ3n) is 5.43. The number of anilines is 1. The van der Waals surface area contributed by atoms with Crippen LogP contribution in [0.4, 0.5) is 18.9 Å². The largest absolute Gasteiger partial charge is 0.486 e. The number of ether oxygens (including phenoxy) is 2. The monoisotopic (exact) mass is 470 g/mol. The fourth-order valence-electron chi connectivity index (χ4n) is 3.71. The summed E-state index contributed by atoms with van der Waals surface area (Å²) in [7, 11) is -3.78. The first-order valence-electron chi connectivity index (χ1n) is 10.0. The predicted molar refractivity (Wildman–Crippen MR) is 109 cm³/mol. The van der Waals surface area contributed by atoms with Crippen molar-refractivity contribution in [1.82, 2.24) is 4.31 Å². The highest BCUT2D eigenvalue weighted by molar-refractivity contribution is 7.89. The molecule has 2 aromatic rings. The van der Waals surface area contributed by atoms with Gasteiger partial charge in [-0.1, -0.05) is 6.07 Å². The Balaban J connectivity index is 1.39. The molecule has 0 unspecified atom stereocenters. The second-order valence-electron chi connectivity index (χ2n) is 7.55. The standard InChI is InChI=1S/C21H21F3N2O5S/c22-21(23,24)15-2-1-3-16(12-15)25-20(27)14-6-8-26(9-7-14)32(28,29)17-4-5-18-19(13-17)31-11-10-30-18/h1-5,12-14H,6-11H2,(H,25,27). The molecule has 0 radical (unpaired) electrons. The number of sulfonamides is 1. The summed E-state index contributed by atoms with van der Waals surface area (Å²) in [5, 5.41) is 2.51. The molecule has 0 atom stereocenters. The van der Waals surface area contributed by atoms with Gasteiger partial charge in [-0.3, -0.25) is 4.79 Å². The summed E-state index contributed by atoms with van der Waals surface area (Å²) >= 11 is 0. The van der Waals surface area contributed by atoms with Gasteiger partial charge in [-0.05, 0) is 43.2 Å². The fourth-order valence-corrected chi connectivity index (χ4v) is 5.19. The Morgan fingerprint density at radius 1 is 1.00 bits per heavy atom. The number of amides is 1. The van der Waals surface area contributed by atoms with Crippen molar-refractivity contribution in [1.29, 1.82) is 0 Å². The number of benzene rings is 2. The second-order valence-corrected chi connectivity index (χ2v) is 9.49. The number of fused-ring (bicyclic) bond motifs is 1. The molecule has 0 bridgehead atoms. The van der Waals surface area contributed by atoms with Crippen molar-refractivity contribution in [3.63, 3.8) is 0 Å². The molecule has 2 aromatic carbocycles. The van der Waals surface area contributed by atoms with Crippen molar-refractivity contribution in [2.45, 2.75) is 23.9 Å². The molecule has 1 amide bonds. The Kier molecular flexibility index (Phi) is 6.04. The van der Waals surface area contributed by atoms with E-state index in [0.29, 0.717) is 24.7 Å². The lowest BCUT2D eigenvalue weighted by Gasteiger charge is -2.31. The number of hydrogen-bond donors (Lipinski definition) is 1. The molecular formula is C21H21F3N2O5S. The van der Waals surface area contributed by atoms with E-state index in [1.165, 1.54) is 28.6 Å². The number of carbonyl (C=O) groups excluding carboxylic acids is 1. The van der Waals surface area contributed by atoms with Gasteiger partial charge in [-0.25, -0.2) is 8.42 Å². The highest BCUT2D eigenvalue weighted by Crippen LogP contribution is 2.34. The number of halogens is 3. The van der Waals surface area contributed by atoms with Gasteiger partial charge >= 0.3 is 6.18 Å². The number of nitrogens with one attached hydrogen (secondary N) is 1. The highest BCUT2D eigenvalue weighted by Gasteiger charge is 2.34. The van der Waals surface area contributed by atoms with Gasteiger partial charge in [0.2, 0.25) is 15.9 Å². The molecule has 0 saturated carbocycles. The molecule has 1 saturated heterocycles. The van der Waals surface area contributed by atoms with E-state index in [1.807, 2.05) is 0 Å². The molecule has 1 fully saturated rings. The van der Waals surface area contributed by atoms with Crippen LogP contribution >= 0.6 is 0 Å².